The van der Waals surface area contributed by atoms with Crippen molar-refractivity contribution in [3.05, 3.63) is 84.5 Å². The van der Waals surface area contributed by atoms with Gasteiger partial charge < -0.3 is 0 Å². The predicted octanol–water partition coefficient (Wildman–Crippen LogP) is 4.28. The molecule has 1 aliphatic rings. The van der Waals surface area contributed by atoms with Crippen molar-refractivity contribution < 1.29 is 4.79 Å². The third-order valence-electron chi connectivity index (χ3n) is 3.33. The summed E-state index contributed by atoms with van der Waals surface area (Å²) in [5.74, 6) is 0.0622. The molecule has 0 unspecified atom stereocenters. The van der Waals surface area contributed by atoms with Crippen LogP contribution in [0.4, 0.5) is 0 Å². The molecule has 0 saturated heterocycles. The molecule has 1 heteroatoms. The molecule has 0 fully saturated rings. The van der Waals surface area contributed by atoms with Crippen molar-refractivity contribution in [3.63, 3.8) is 0 Å². The SMILES string of the molecule is O=C(c1ccc(-c2ccccc2)cc1)C1C=CC=C1. The quantitative estimate of drug-likeness (QED) is 0.739. The standard InChI is InChI=1S/C18H14O/c19-18(16-8-4-5-9-16)17-12-10-15(11-13-17)14-6-2-1-3-7-14/h1-13,16H. The zero-order chi connectivity index (χ0) is 13.1. The fraction of sp³-hybridized carbons (Fsp3) is 0.0556. The summed E-state index contributed by atoms with van der Waals surface area (Å²) in [6.45, 7) is 0. The first kappa shape index (κ1) is 11.7. The number of hydrogen-bond donors (Lipinski definition) is 0. The average molecular weight is 246 g/mol. The van der Waals surface area contributed by atoms with E-state index in [1.54, 1.807) is 0 Å². The van der Waals surface area contributed by atoms with Gasteiger partial charge in [-0.1, -0.05) is 78.9 Å². The van der Waals surface area contributed by atoms with Gasteiger partial charge >= 0.3 is 0 Å². The molecule has 2 aromatic rings. The lowest BCUT2D eigenvalue weighted by molar-refractivity contribution is 0.0966. The second kappa shape index (κ2) is 5.07. The van der Waals surface area contributed by atoms with Gasteiger partial charge in [0.15, 0.2) is 5.78 Å². The minimum atomic E-state index is -0.0948. The number of carbonyl (C=O) groups is 1. The van der Waals surface area contributed by atoms with Gasteiger partial charge in [-0.15, -0.1) is 0 Å². The van der Waals surface area contributed by atoms with Crippen molar-refractivity contribution in [1.82, 2.24) is 0 Å². The maximum atomic E-state index is 12.2. The van der Waals surface area contributed by atoms with Crippen molar-refractivity contribution in [2.75, 3.05) is 0 Å². The number of allylic oxidation sites excluding steroid dienone is 4. The van der Waals surface area contributed by atoms with E-state index < -0.39 is 0 Å². The molecule has 0 aliphatic heterocycles. The third-order valence-corrected chi connectivity index (χ3v) is 3.33. The lowest BCUT2D eigenvalue weighted by Crippen LogP contribution is -2.08. The Labute approximate surface area is 112 Å². The Kier molecular flexibility index (Phi) is 3.11. The van der Waals surface area contributed by atoms with Crippen LogP contribution in [0, 0.1) is 5.92 Å². The summed E-state index contributed by atoms with van der Waals surface area (Å²) in [7, 11) is 0. The topological polar surface area (TPSA) is 17.1 Å². The Balaban J connectivity index is 1.85. The highest BCUT2D eigenvalue weighted by molar-refractivity contribution is 6.00. The van der Waals surface area contributed by atoms with E-state index in [2.05, 4.69) is 12.1 Å². The van der Waals surface area contributed by atoms with Crippen LogP contribution >= 0.6 is 0 Å². The van der Waals surface area contributed by atoms with Crippen molar-refractivity contribution in [2.24, 2.45) is 5.92 Å². The fourth-order valence-corrected chi connectivity index (χ4v) is 2.26. The van der Waals surface area contributed by atoms with Crippen molar-refractivity contribution in [2.45, 2.75) is 0 Å². The number of ketones is 1. The fourth-order valence-electron chi connectivity index (χ4n) is 2.26. The van der Waals surface area contributed by atoms with Gasteiger partial charge in [-0.25, -0.2) is 0 Å². The molecule has 0 bridgehead atoms. The van der Waals surface area contributed by atoms with Crippen molar-refractivity contribution in [1.29, 1.82) is 0 Å². The molecule has 0 aromatic heterocycles. The van der Waals surface area contributed by atoms with Crippen LogP contribution in [-0.4, -0.2) is 5.78 Å². The van der Waals surface area contributed by atoms with Gasteiger partial charge in [0.25, 0.3) is 0 Å². The van der Waals surface area contributed by atoms with Gasteiger partial charge in [-0.3, -0.25) is 4.79 Å². The van der Waals surface area contributed by atoms with E-state index in [1.807, 2.05) is 66.8 Å². The summed E-state index contributed by atoms with van der Waals surface area (Å²) in [6, 6.07) is 18.0. The van der Waals surface area contributed by atoms with Gasteiger partial charge in [0, 0.05) is 5.56 Å². The van der Waals surface area contributed by atoms with Crippen LogP contribution < -0.4 is 0 Å². The molecule has 92 valence electrons. The van der Waals surface area contributed by atoms with Gasteiger partial charge in [0.05, 0.1) is 5.92 Å². The third kappa shape index (κ3) is 2.41. The number of rotatable bonds is 3. The van der Waals surface area contributed by atoms with E-state index in [-0.39, 0.29) is 11.7 Å². The maximum absolute atomic E-state index is 12.2. The molecule has 0 heterocycles. The molecule has 1 aliphatic carbocycles. The Morgan fingerprint density at radius 2 is 1.32 bits per heavy atom. The zero-order valence-electron chi connectivity index (χ0n) is 10.5. The summed E-state index contributed by atoms with van der Waals surface area (Å²) < 4.78 is 0. The molecule has 0 spiro atoms. The lowest BCUT2D eigenvalue weighted by Gasteiger charge is -2.06. The second-order valence-electron chi connectivity index (χ2n) is 4.60. The van der Waals surface area contributed by atoms with Gasteiger partial charge in [0.1, 0.15) is 0 Å². The second-order valence-corrected chi connectivity index (χ2v) is 4.60. The molecule has 19 heavy (non-hydrogen) atoms. The van der Waals surface area contributed by atoms with E-state index >= 15 is 0 Å². The molecular weight excluding hydrogens is 232 g/mol. The van der Waals surface area contributed by atoms with E-state index in [0.29, 0.717) is 0 Å². The first-order valence-corrected chi connectivity index (χ1v) is 6.39. The number of benzene rings is 2. The highest BCUT2D eigenvalue weighted by atomic mass is 16.1. The van der Waals surface area contributed by atoms with Crippen LogP contribution in [0.2, 0.25) is 0 Å². The smallest absolute Gasteiger partial charge is 0.173 e. The van der Waals surface area contributed by atoms with Gasteiger partial charge in [0.2, 0.25) is 0 Å². The minimum absolute atomic E-state index is 0.0948. The van der Waals surface area contributed by atoms with Crippen LogP contribution in [0.5, 0.6) is 0 Å². The molecule has 0 amide bonds. The highest BCUT2D eigenvalue weighted by Gasteiger charge is 2.16. The first-order valence-electron chi connectivity index (χ1n) is 6.39. The molecule has 0 radical (unpaired) electrons. The number of hydrogen-bond acceptors (Lipinski definition) is 1. The van der Waals surface area contributed by atoms with E-state index in [1.165, 1.54) is 5.56 Å². The summed E-state index contributed by atoms with van der Waals surface area (Å²) in [5.41, 5.74) is 3.07. The van der Waals surface area contributed by atoms with Crippen LogP contribution in [0.3, 0.4) is 0 Å². The summed E-state index contributed by atoms with van der Waals surface area (Å²) in [4.78, 5) is 12.2. The van der Waals surface area contributed by atoms with E-state index in [4.69, 9.17) is 0 Å². The Morgan fingerprint density at radius 3 is 1.95 bits per heavy atom. The van der Waals surface area contributed by atoms with Crippen molar-refractivity contribution in [3.8, 4) is 11.1 Å². The largest absolute Gasteiger partial charge is 0.293 e. The summed E-state index contributed by atoms with van der Waals surface area (Å²) >= 11 is 0. The Hall–Kier alpha value is -2.41. The Morgan fingerprint density at radius 1 is 0.737 bits per heavy atom. The lowest BCUT2D eigenvalue weighted by atomic mass is 9.97. The van der Waals surface area contributed by atoms with Crippen molar-refractivity contribution >= 4 is 5.78 Å². The molecule has 0 saturated carbocycles. The molecule has 0 atom stereocenters. The maximum Gasteiger partial charge on any atom is 0.173 e. The molecule has 3 rings (SSSR count). The highest BCUT2D eigenvalue weighted by Crippen LogP contribution is 2.21. The number of Topliss-reactive ketones (excluding diaryl/α,β-unsaturated/α-hetero) is 1. The molecule has 0 N–H and O–H groups in total. The molecule has 2 aromatic carbocycles. The minimum Gasteiger partial charge on any atom is -0.293 e. The van der Waals surface area contributed by atoms with E-state index in [0.717, 1.165) is 11.1 Å². The number of carbonyl (C=O) groups excluding carboxylic acids is 1. The normalized spacial score (nSPS) is 13.9. The van der Waals surface area contributed by atoms with Gasteiger partial charge in [-0.2, -0.15) is 0 Å². The predicted molar refractivity (Wildman–Crippen MR) is 78.0 cm³/mol. The van der Waals surface area contributed by atoms with Crippen LogP contribution in [-0.2, 0) is 0 Å². The summed E-state index contributed by atoms with van der Waals surface area (Å²) in [6.07, 6.45) is 7.68. The monoisotopic (exact) mass is 246 g/mol. The average Bonchev–Trinajstić information content (AvgIpc) is 3.02. The molecule has 1 nitrogen and oxygen atoms in total. The Bertz CT molecular complexity index is 621. The van der Waals surface area contributed by atoms with Gasteiger partial charge in [-0.05, 0) is 11.1 Å². The van der Waals surface area contributed by atoms with Crippen LogP contribution in [0.15, 0.2) is 78.9 Å². The zero-order valence-corrected chi connectivity index (χ0v) is 10.5. The molecular formula is C18H14O. The van der Waals surface area contributed by atoms with Crippen LogP contribution in [0.25, 0.3) is 11.1 Å². The van der Waals surface area contributed by atoms with Crippen LogP contribution in [0.1, 0.15) is 10.4 Å². The first-order chi connectivity index (χ1) is 9.34. The van der Waals surface area contributed by atoms with E-state index in [9.17, 15) is 4.79 Å². The summed E-state index contributed by atoms with van der Waals surface area (Å²) in [5, 5.41) is 0.